The lowest BCUT2D eigenvalue weighted by atomic mass is 10.1. The molecule has 0 saturated carbocycles. The highest BCUT2D eigenvalue weighted by Gasteiger charge is 2.24. The number of nitrogens with two attached hydrogens (primary N) is 1. The summed E-state index contributed by atoms with van der Waals surface area (Å²) in [4.78, 5) is 12.0. The van der Waals surface area contributed by atoms with Gasteiger partial charge in [0, 0.05) is 15.6 Å². The molecule has 1 amide bonds. The van der Waals surface area contributed by atoms with E-state index in [9.17, 15) is 4.79 Å². The van der Waals surface area contributed by atoms with Crippen molar-refractivity contribution in [3.63, 3.8) is 0 Å². The van der Waals surface area contributed by atoms with Gasteiger partial charge in [0.1, 0.15) is 0 Å². The van der Waals surface area contributed by atoms with Crippen LogP contribution >= 0.6 is 23.2 Å². The fourth-order valence-electron chi connectivity index (χ4n) is 1.12. The van der Waals surface area contributed by atoms with Crippen LogP contribution < -0.4 is 5.84 Å². The van der Waals surface area contributed by atoms with Crippen molar-refractivity contribution in [2.75, 3.05) is 0 Å². The van der Waals surface area contributed by atoms with Gasteiger partial charge in [0.2, 0.25) is 0 Å². The van der Waals surface area contributed by atoms with Crippen LogP contribution in [-0.2, 0) is 0 Å². The molecule has 2 N–H and O–H groups in total. The molecule has 0 aliphatic carbocycles. The number of halogens is 2. The molecule has 0 fully saturated rings. The van der Waals surface area contributed by atoms with Crippen LogP contribution in [0.2, 0.25) is 10.0 Å². The predicted octanol–water partition coefficient (Wildman–Crippen LogP) is 3.11. The number of nitrogens with zero attached hydrogens (tertiary/aromatic N) is 1. The predicted molar refractivity (Wildman–Crippen MR) is 66.6 cm³/mol. The minimum absolute atomic E-state index is 0.308. The molecule has 3 nitrogen and oxygen atoms in total. The molecule has 1 rings (SSSR count). The van der Waals surface area contributed by atoms with Crippen LogP contribution in [0.25, 0.3) is 0 Å². The molecule has 0 aromatic heterocycles. The van der Waals surface area contributed by atoms with Crippen LogP contribution in [0.3, 0.4) is 0 Å². The van der Waals surface area contributed by atoms with E-state index in [1.165, 1.54) is 0 Å². The second-order valence-corrected chi connectivity index (χ2v) is 5.38. The molecule has 5 heteroatoms. The first-order valence-electron chi connectivity index (χ1n) is 4.77. The quantitative estimate of drug-likeness (QED) is 0.479. The van der Waals surface area contributed by atoms with Crippen LogP contribution in [-0.4, -0.2) is 16.5 Å². The molecule has 1 aromatic rings. The van der Waals surface area contributed by atoms with Gasteiger partial charge in [-0.2, -0.15) is 0 Å². The minimum atomic E-state index is -0.453. The van der Waals surface area contributed by atoms with Gasteiger partial charge >= 0.3 is 0 Å². The molecule has 0 aliphatic heterocycles. The zero-order chi connectivity index (χ0) is 12.5. The van der Waals surface area contributed by atoms with E-state index in [0.717, 1.165) is 5.01 Å². The number of benzene rings is 1. The fourth-order valence-corrected chi connectivity index (χ4v) is 1.65. The van der Waals surface area contributed by atoms with Crippen molar-refractivity contribution in [2.24, 2.45) is 5.84 Å². The molecule has 0 saturated heterocycles. The van der Waals surface area contributed by atoms with Crippen molar-refractivity contribution in [3.8, 4) is 0 Å². The SMILES string of the molecule is CC(C)(C)N(N)C(=O)c1cc(Cl)cc(Cl)c1. The number of hydrogen-bond donors (Lipinski definition) is 1. The Morgan fingerprint density at radius 1 is 1.19 bits per heavy atom. The van der Waals surface area contributed by atoms with Crippen LogP contribution in [0.4, 0.5) is 0 Å². The molecule has 0 heterocycles. The zero-order valence-electron chi connectivity index (χ0n) is 9.42. The van der Waals surface area contributed by atoms with Gasteiger partial charge in [-0.25, -0.2) is 5.84 Å². The maximum absolute atomic E-state index is 12.0. The van der Waals surface area contributed by atoms with E-state index in [0.29, 0.717) is 15.6 Å². The Morgan fingerprint density at radius 3 is 2.00 bits per heavy atom. The summed E-state index contributed by atoms with van der Waals surface area (Å²) in [5, 5.41) is 1.99. The molecule has 0 bridgehead atoms. The first kappa shape index (κ1) is 13.3. The van der Waals surface area contributed by atoms with Gasteiger partial charge in [-0.15, -0.1) is 0 Å². The summed E-state index contributed by atoms with van der Waals surface area (Å²) >= 11 is 11.6. The summed E-state index contributed by atoms with van der Waals surface area (Å²) in [5.41, 5.74) is -0.0683. The third kappa shape index (κ3) is 3.11. The topological polar surface area (TPSA) is 46.3 Å². The average molecular weight is 261 g/mol. The molecule has 0 unspecified atom stereocenters. The summed E-state index contributed by atoms with van der Waals surface area (Å²) in [6.45, 7) is 5.53. The largest absolute Gasteiger partial charge is 0.271 e. The standard InChI is InChI=1S/C11H14Cl2N2O/c1-11(2,3)15(14)10(16)7-4-8(12)6-9(13)5-7/h4-6H,14H2,1-3H3. The van der Waals surface area contributed by atoms with Crippen molar-refractivity contribution in [2.45, 2.75) is 26.3 Å². The smallest absolute Gasteiger partial charge is 0.268 e. The van der Waals surface area contributed by atoms with E-state index in [4.69, 9.17) is 29.0 Å². The summed E-state index contributed by atoms with van der Waals surface area (Å²) in [6, 6.07) is 4.65. The highest BCUT2D eigenvalue weighted by Crippen LogP contribution is 2.21. The molecule has 0 aliphatic rings. The van der Waals surface area contributed by atoms with Gasteiger partial charge in [0.05, 0.1) is 5.54 Å². The Morgan fingerprint density at radius 2 is 1.62 bits per heavy atom. The third-order valence-electron chi connectivity index (χ3n) is 2.05. The lowest BCUT2D eigenvalue weighted by Crippen LogP contribution is -2.50. The van der Waals surface area contributed by atoms with Crippen molar-refractivity contribution >= 4 is 29.1 Å². The van der Waals surface area contributed by atoms with Gasteiger partial charge in [0.15, 0.2) is 0 Å². The Bertz CT molecular complexity index is 393. The second-order valence-electron chi connectivity index (χ2n) is 4.50. The Balaban J connectivity index is 3.06. The van der Waals surface area contributed by atoms with Gasteiger partial charge in [0.25, 0.3) is 5.91 Å². The highest BCUT2D eigenvalue weighted by atomic mass is 35.5. The maximum atomic E-state index is 12.0. The van der Waals surface area contributed by atoms with Crippen molar-refractivity contribution < 1.29 is 4.79 Å². The zero-order valence-corrected chi connectivity index (χ0v) is 10.9. The molecule has 88 valence electrons. The van der Waals surface area contributed by atoms with E-state index >= 15 is 0 Å². The number of carbonyl (C=O) groups is 1. The van der Waals surface area contributed by atoms with Gasteiger partial charge < -0.3 is 0 Å². The minimum Gasteiger partial charge on any atom is -0.271 e. The normalized spacial score (nSPS) is 11.4. The number of hydrazine groups is 1. The van der Waals surface area contributed by atoms with Gasteiger partial charge in [-0.05, 0) is 39.0 Å². The molecule has 16 heavy (non-hydrogen) atoms. The molecular weight excluding hydrogens is 247 g/mol. The van der Waals surface area contributed by atoms with Gasteiger partial charge in [-0.3, -0.25) is 9.80 Å². The monoisotopic (exact) mass is 260 g/mol. The van der Waals surface area contributed by atoms with Crippen LogP contribution in [0.1, 0.15) is 31.1 Å². The van der Waals surface area contributed by atoms with E-state index < -0.39 is 5.54 Å². The first-order chi connectivity index (χ1) is 7.21. The van der Waals surface area contributed by atoms with Gasteiger partial charge in [-0.1, -0.05) is 23.2 Å². The lowest BCUT2D eigenvalue weighted by molar-refractivity contribution is 0.0582. The average Bonchev–Trinajstić information content (AvgIpc) is 2.12. The third-order valence-corrected chi connectivity index (χ3v) is 2.49. The van der Waals surface area contributed by atoms with E-state index in [2.05, 4.69) is 0 Å². The summed E-state index contributed by atoms with van der Waals surface area (Å²) in [6.07, 6.45) is 0. The molecule has 0 atom stereocenters. The lowest BCUT2D eigenvalue weighted by Gasteiger charge is -2.31. The summed E-state index contributed by atoms with van der Waals surface area (Å²) in [7, 11) is 0. The van der Waals surface area contributed by atoms with E-state index in [1.807, 2.05) is 20.8 Å². The van der Waals surface area contributed by atoms with Crippen molar-refractivity contribution in [3.05, 3.63) is 33.8 Å². The number of hydrogen-bond acceptors (Lipinski definition) is 2. The van der Waals surface area contributed by atoms with Crippen LogP contribution in [0, 0.1) is 0 Å². The number of rotatable bonds is 1. The fraction of sp³-hybridized carbons (Fsp3) is 0.364. The van der Waals surface area contributed by atoms with E-state index in [-0.39, 0.29) is 5.91 Å². The highest BCUT2D eigenvalue weighted by molar-refractivity contribution is 6.35. The van der Waals surface area contributed by atoms with E-state index in [1.54, 1.807) is 18.2 Å². The Labute approximate surface area is 105 Å². The molecular formula is C11H14Cl2N2O. The van der Waals surface area contributed by atoms with Crippen molar-refractivity contribution in [1.29, 1.82) is 0 Å². The Kier molecular flexibility index (Phi) is 3.84. The number of carbonyl (C=O) groups excluding carboxylic acids is 1. The first-order valence-corrected chi connectivity index (χ1v) is 5.53. The molecule has 1 aromatic carbocycles. The molecule has 0 spiro atoms. The summed E-state index contributed by atoms with van der Waals surface area (Å²) < 4.78 is 0. The Hall–Kier alpha value is -0.770. The van der Waals surface area contributed by atoms with Crippen LogP contribution in [0.15, 0.2) is 18.2 Å². The number of amides is 1. The summed E-state index contributed by atoms with van der Waals surface area (Å²) in [5.74, 6) is 5.42. The van der Waals surface area contributed by atoms with Crippen LogP contribution in [0.5, 0.6) is 0 Å². The van der Waals surface area contributed by atoms with Crippen molar-refractivity contribution in [1.82, 2.24) is 5.01 Å². The second kappa shape index (κ2) is 4.62. The maximum Gasteiger partial charge on any atom is 0.268 e. The molecule has 0 radical (unpaired) electrons.